The largest absolute Gasteiger partial charge is 0.480 e. The lowest BCUT2D eigenvalue weighted by molar-refractivity contribution is -0.136. The zero-order chi connectivity index (χ0) is 12.3. The Hall–Kier alpha value is -1.36. The van der Waals surface area contributed by atoms with Crippen LogP contribution in [0, 0.1) is 6.92 Å². The predicted molar refractivity (Wildman–Crippen MR) is 60.9 cm³/mol. The maximum absolute atomic E-state index is 11.6. The van der Waals surface area contributed by atoms with E-state index in [0.29, 0.717) is 5.56 Å². The van der Waals surface area contributed by atoms with Gasteiger partial charge in [-0.1, -0.05) is 29.8 Å². The van der Waals surface area contributed by atoms with Crippen molar-refractivity contribution in [2.75, 3.05) is 0 Å². The van der Waals surface area contributed by atoms with Gasteiger partial charge in [-0.2, -0.15) is 0 Å². The van der Waals surface area contributed by atoms with E-state index in [0.717, 1.165) is 5.56 Å². The molecule has 5 heteroatoms. The zero-order valence-electron chi connectivity index (χ0n) is 9.17. The summed E-state index contributed by atoms with van der Waals surface area (Å²) in [5.74, 6) is -1.55. The first-order valence-electron chi connectivity index (χ1n) is 4.83. The van der Waals surface area contributed by atoms with Crippen molar-refractivity contribution in [3.05, 3.63) is 35.4 Å². The van der Waals surface area contributed by atoms with Gasteiger partial charge in [-0.05, 0) is 19.4 Å². The normalized spacial score (nSPS) is 13.4. The highest BCUT2D eigenvalue weighted by Gasteiger charge is 2.27. The Morgan fingerprint density at radius 1 is 1.31 bits per heavy atom. The van der Waals surface area contributed by atoms with E-state index in [-0.39, 0.29) is 5.75 Å². The Balaban J connectivity index is 2.89. The van der Waals surface area contributed by atoms with Crippen LogP contribution in [0.3, 0.4) is 0 Å². The minimum Gasteiger partial charge on any atom is -0.480 e. The Kier molecular flexibility index (Phi) is 3.70. The number of hydrogen-bond acceptors (Lipinski definition) is 3. The van der Waals surface area contributed by atoms with E-state index in [1.807, 2.05) is 6.92 Å². The maximum atomic E-state index is 11.6. The number of carboxylic acids is 1. The van der Waals surface area contributed by atoms with Crippen LogP contribution in [0.15, 0.2) is 24.3 Å². The van der Waals surface area contributed by atoms with Gasteiger partial charge < -0.3 is 5.11 Å². The summed E-state index contributed by atoms with van der Waals surface area (Å²) in [5, 5.41) is 7.29. The van der Waals surface area contributed by atoms with Crippen molar-refractivity contribution in [3.63, 3.8) is 0 Å². The van der Waals surface area contributed by atoms with Gasteiger partial charge in [0.25, 0.3) is 0 Å². The van der Waals surface area contributed by atoms with E-state index in [1.165, 1.54) is 6.92 Å². The van der Waals surface area contributed by atoms with Crippen molar-refractivity contribution in [3.8, 4) is 0 Å². The molecule has 0 heterocycles. The van der Waals surface area contributed by atoms with Gasteiger partial charge in [0.1, 0.15) is 0 Å². The number of benzene rings is 1. The maximum Gasteiger partial charge on any atom is 0.321 e. The average molecular weight is 242 g/mol. The summed E-state index contributed by atoms with van der Waals surface area (Å²) in [6.07, 6.45) is 0. The quantitative estimate of drug-likeness (QED) is 0.865. The van der Waals surface area contributed by atoms with Crippen LogP contribution in [0.1, 0.15) is 18.1 Å². The molecule has 0 amide bonds. The highest BCUT2D eigenvalue weighted by molar-refractivity contribution is 7.91. The molecule has 0 aromatic heterocycles. The fourth-order valence-corrected chi connectivity index (χ4v) is 2.41. The van der Waals surface area contributed by atoms with Gasteiger partial charge >= 0.3 is 5.97 Å². The molecule has 0 fully saturated rings. The molecule has 1 N–H and O–H groups in total. The van der Waals surface area contributed by atoms with Gasteiger partial charge in [0.05, 0.1) is 5.75 Å². The third-order valence-electron chi connectivity index (χ3n) is 2.37. The summed E-state index contributed by atoms with van der Waals surface area (Å²) in [4.78, 5) is 10.6. The van der Waals surface area contributed by atoms with Crippen LogP contribution >= 0.6 is 0 Å². The highest BCUT2D eigenvalue weighted by Crippen LogP contribution is 2.12. The molecule has 0 spiro atoms. The lowest BCUT2D eigenvalue weighted by Gasteiger charge is -2.08. The molecule has 4 nitrogen and oxygen atoms in total. The fraction of sp³-hybridized carbons (Fsp3) is 0.364. The fourth-order valence-electron chi connectivity index (χ4n) is 1.20. The number of carboxylic acid groups (broad SMARTS) is 1. The monoisotopic (exact) mass is 242 g/mol. The SMILES string of the molecule is Cc1ccc(CS(=O)(=O)C(C)C(=O)O)cc1. The van der Waals surface area contributed by atoms with Crippen LogP contribution in [-0.4, -0.2) is 24.7 Å². The summed E-state index contributed by atoms with van der Waals surface area (Å²) < 4.78 is 23.3. The Morgan fingerprint density at radius 3 is 2.25 bits per heavy atom. The molecule has 0 aliphatic carbocycles. The van der Waals surface area contributed by atoms with Crippen molar-refractivity contribution in [1.82, 2.24) is 0 Å². The number of carbonyl (C=O) groups is 1. The summed E-state index contributed by atoms with van der Waals surface area (Å²) >= 11 is 0. The van der Waals surface area contributed by atoms with Gasteiger partial charge in [0.15, 0.2) is 15.1 Å². The molecule has 1 aromatic carbocycles. The van der Waals surface area contributed by atoms with Crippen LogP contribution < -0.4 is 0 Å². The van der Waals surface area contributed by atoms with Crippen molar-refractivity contribution in [2.45, 2.75) is 24.9 Å². The molecule has 0 aliphatic rings. The molecule has 1 unspecified atom stereocenters. The van der Waals surface area contributed by atoms with Crippen LogP contribution in [0.4, 0.5) is 0 Å². The second-order valence-electron chi connectivity index (χ2n) is 3.77. The molecule has 0 saturated carbocycles. The first-order chi connectivity index (χ1) is 7.33. The molecular weight excluding hydrogens is 228 g/mol. The van der Waals surface area contributed by atoms with E-state index in [9.17, 15) is 13.2 Å². The molecule has 1 rings (SSSR count). The van der Waals surface area contributed by atoms with Gasteiger partial charge in [-0.25, -0.2) is 8.42 Å². The Morgan fingerprint density at radius 2 is 1.81 bits per heavy atom. The number of hydrogen-bond donors (Lipinski definition) is 1. The standard InChI is InChI=1S/C11H14O4S/c1-8-3-5-10(6-4-8)7-16(14,15)9(2)11(12)13/h3-6,9H,7H2,1-2H3,(H,12,13). The lowest BCUT2D eigenvalue weighted by atomic mass is 10.2. The average Bonchev–Trinajstić information content (AvgIpc) is 2.20. The van der Waals surface area contributed by atoms with E-state index < -0.39 is 21.1 Å². The summed E-state index contributed by atoms with van der Waals surface area (Å²) in [6.45, 7) is 3.09. The van der Waals surface area contributed by atoms with E-state index in [1.54, 1.807) is 24.3 Å². The van der Waals surface area contributed by atoms with E-state index in [2.05, 4.69) is 0 Å². The minimum atomic E-state index is -3.62. The van der Waals surface area contributed by atoms with Crippen molar-refractivity contribution in [2.24, 2.45) is 0 Å². The van der Waals surface area contributed by atoms with Crippen LogP contribution in [-0.2, 0) is 20.4 Å². The van der Waals surface area contributed by atoms with Gasteiger partial charge in [0.2, 0.25) is 0 Å². The van der Waals surface area contributed by atoms with E-state index >= 15 is 0 Å². The molecule has 1 aromatic rings. The van der Waals surface area contributed by atoms with Gasteiger partial charge in [-0.15, -0.1) is 0 Å². The van der Waals surface area contributed by atoms with Crippen LogP contribution in [0.25, 0.3) is 0 Å². The first kappa shape index (κ1) is 12.7. The first-order valence-corrected chi connectivity index (χ1v) is 6.54. The lowest BCUT2D eigenvalue weighted by Crippen LogP contribution is -2.28. The number of sulfone groups is 1. The molecule has 0 bridgehead atoms. The molecule has 16 heavy (non-hydrogen) atoms. The third kappa shape index (κ3) is 3.06. The molecule has 0 aliphatic heterocycles. The summed E-state index contributed by atoms with van der Waals surface area (Å²) in [5.41, 5.74) is 1.64. The van der Waals surface area contributed by atoms with Crippen LogP contribution in [0.2, 0.25) is 0 Å². The Labute approximate surface area is 94.8 Å². The number of aryl methyl sites for hydroxylation is 1. The summed E-state index contributed by atoms with van der Waals surface area (Å²) in [6, 6.07) is 7.00. The predicted octanol–water partition coefficient (Wildman–Crippen LogP) is 1.38. The van der Waals surface area contributed by atoms with Crippen LogP contribution in [0.5, 0.6) is 0 Å². The Bertz CT molecular complexity index is 473. The molecule has 1 atom stereocenters. The number of rotatable bonds is 4. The van der Waals surface area contributed by atoms with Gasteiger partial charge in [-0.3, -0.25) is 4.79 Å². The molecular formula is C11H14O4S. The summed E-state index contributed by atoms with van der Waals surface area (Å²) in [7, 11) is -3.62. The molecule has 88 valence electrons. The van der Waals surface area contributed by atoms with Gasteiger partial charge in [0, 0.05) is 0 Å². The smallest absolute Gasteiger partial charge is 0.321 e. The number of aliphatic carboxylic acids is 1. The second-order valence-corrected chi connectivity index (χ2v) is 6.09. The van der Waals surface area contributed by atoms with Crippen molar-refractivity contribution >= 4 is 15.8 Å². The molecule has 0 radical (unpaired) electrons. The highest BCUT2D eigenvalue weighted by atomic mass is 32.2. The second kappa shape index (κ2) is 4.65. The molecule has 0 saturated heterocycles. The zero-order valence-corrected chi connectivity index (χ0v) is 9.99. The van der Waals surface area contributed by atoms with Crippen molar-refractivity contribution < 1.29 is 18.3 Å². The minimum absolute atomic E-state index is 0.235. The van der Waals surface area contributed by atoms with Crippen molar-refractivity contribution in [1.29, 1.82) is 0 Å². The topological polar surface area (TPSA) is 71.4 Å². The third-order valence-corrected chi connectivity index (χ3v) is 4.39. The van der Waals surface area contributed by atoms with E-state index in [4.69, 9.17) is 5.11 Å².